The average molecular weight is 216 g/mol. The zero-order valence-corrected chi connectivity index (χ0v) is 9.87. The Morgan fingerprint density at radius 3 is 2.40 bits per heavy atom. The van der Waals surface area contributed by atoms with Crippen LogP contribution < -0.4 is 5.32 Å². The molecule has 0 bridgehead atoms. The summed E-state index contributed by atoms with van der Waals surface area (Å²) in [6.45, 7) is 6.91. The molecular weight excluding hydrogens is 196 g/mol. The summed E-state index contributed by atoms with van der Waals surface area (Å²) in [5.74, 6) is -0.316. The summed E-state index contributed by atoms with van der Waals surface area (Å²) in [6.07, 6.45) is 0. The highest BCUT2D eigenvalue weighted by Gasteiger charge is 2.13. The van der Waals surface area contributed by atoms with E-state index in [1.165, 1.54) is 14.0 Å². The number of methoxy groups -OCH3 is 1. The Balaban J connectivity index is 3.94. The lowest BCUT2D eigenvalue weighted by Gasteiger charge is -2.24. The summed E-state index contributed by atoms with van der Waals surface area (Å²) in [7, 11) is 1.37. The van der Waals surface area contributed by atoms with Gasteiger partial charge < -0.3 is 10.1 Å². The molecule has 0 atom stereocenters. The van der Waals surface area contributed by atoms with Gasteiger partial charge in [-0.25, -0.2) is 0 Å². The number of nitrogens with zero attached hydrogens (tertiary/aromatic N) is 1. The molecule has 1 amide bonds. The number of ether oxygens (including phenoxy) is 1. The monoisotopic (exact) mass is 216 g/mol. The van der Waals surface area contributed by atoms with Crippen molar-refractivity contribution >= 4 is 11.9 Å². The van der Waals surface area contributed by atoms with Crippen molar-refractivity contribution in [3.8, 4) is 0 Å². The van der Waals surface area contributed by atoms with E-state index in [1.807, 2.05) is 18.7 Å². The lowest BCUT2D eigenvalue weighted by Crippen LogP contribution is -2.41. The maximum absolute atomic E-state index is 11.1. The Labute approximate surface area is 90.8 Å². The summed E-state index contributed by atoms with van der Waals surface area (Å²) in [5, 5.41) is 2.69. The van der Waals surface area contributed by atoms with E-state index in [-0.39, 0.29) is 24.5 Å². The molecule has 1 N–H and O–H groups in total. The molecule has 0 aromatic heterocycles. The average Bonchev–Trinajstić information content (AvgIpc) is 2.15. The molecule has 0 rings (SSSR count). The van der Waals surface area contributed by atoms with E-state index in [0.717, 1.165) is 0 Å². The predicted molar refractivity (Wildman–Crippen MR) is 57.4 cm³/mol. The van der Waals surface area contributed by atoms with Gasteiger partial charge in [0.05, 0.1) is 13.7 Å². The number of nitrogens with one attached hydrogen (secondary N) is 1. The van der Waals surface area contributed by atoms with Gasteiger partial charge in [0.25, 0.3) is 0 Å². The van der Waals surface area contributed by atoms with E-state index in [9.17, 15) is 9.59 Å². The summed E-state index contributed by atoms with van der Waals surface area (Å²) in [4.78, 5) is 23.7. The third-order valence-electron chi connectivity index (χ3n) is 2.06. The summed E-state index contributed by atoms with van der Waals surface area (Å²) < 4.78 is 4.59. The van der Waals surface area contributed by atoms with E-state index in [2.05, 4.69) is 10.1 Å². The Hall–Kier alpha value is -1.10. The van der Waals surface area contributed by atoms with Gasteiger partial charge in [0.1, 0.15) is 0 Å². The first-order valence-corrected chi connectivity index (χ1v) is 5.02. The van der Waals surface area contributed by atoms with Crippen molar-refractivity contribution in [3.05, 3.63) is 0 Å². The normalized spacial score (nSPS) is 10.5. The Bertz CT molecular complexity index is 217. The van der Waals surface area contributed by atoms with E-state index in [4.69, 9.17) is 0 Å². The van der Waals surface area contributed by atoms with E-state index in [1.54, 1.807) is 0 Å². The molecule has 0 aromatic rings. The third-order valence-corrected chi connectivity index (χ3v) is 2.06. The molecule has 0 aliphatic rings. The maximum Gasteiger partial charge on any atom is 0.319 e. The van der Waals surface area contributed by atoms with Gasteiger partial charge in [-0.15, -0.1) is 0 Å². The molecule has 0 saturated heterocycles. The van der Waals surface area contributed by atoms with Gasteiger partial charge in [-0.1, -0.05) is 0 Å². The minimum absolute atomic E-state index is 0.0585. The number of amides is 1. The first-order valence-electron chi connectivity index (χ1n) is 5.02. The molecule has 0 aromatic carbocycles. The fraction of sp³-hybridized carbons (Fsp3) is 0.800. The van der Waals surface area contributed by atoms with E-state index >= 15 is 0 Å². The Kier molecular flexibility index (Phi) is 6.70. The summed E-state index contributed by atoms with van der Waals surface area (Å²) in [6, 6.07) is 0.248. The van der Waals surface area contributed by atoms with Crippen LogP contribution in [0.15, 0.2) is 0 Å². The molecule has 88 valence electrons. The molecule has 0 aliphatic heterocycles. The molecule has 0 heterocycles. The summed E-state index contributed by atoms with van der Waals surface area (Å²) in [5.41, 5.74) is 0. The van der Waals surface area contributed by atoms with Crippen molar-refractivity contribution in [1.29, 1.82) is 0 Å². The lowest BCUT2D eigenvalue weighted by molar-refractivity contribution is -0.142. The zero-order chi connectivity index (χ0) is 11.8. The number of hydrogen-bond acceptors (Lipinski definition) is 4. The highest BCUT2D eigenvalue weighted by molar-refractivity contribution is 5.73. The topological polar surface area (TPSA) is 58.6 Å². The van der Waals surface area contributed by atoms with Gasteiger partial charge in [-0.05, 0) is 13.8 Å². The van der Waals surface area contributed by atoms with Crippen molar-refractivity contribution in [3.63, 3.8) is 0 Å². The second kappa shape index (κ2) is 7.23. The molecule has 15 heavy (non-hydrogen) atoms. The minimum Gasteiger partial charge on any atom is -0.468 e. The molecule has 0 fully saturated rings. The SMILES string of the molecule is COC(=O)CN(CCNC(C)=O)C(C)C. The minimum atomic E-state index is -0.258. The second-order valence-electron chi connectivity index (χ2n) is 3.62. The smallest absolute Gasteiger partial charge is 0.319 e. The van der Waals surface area contributed by atoms with Gasteiger partial charge in [0.2, 0.25) is 5.91 Å². The highest BCUT2D eigenvalue weighted by atomic mass is 16.5. The van der Waals surface area contributed by atoms with Crippen molar-refractivity contribution in [1.82, 2.24) is 10.2 Å². The maximum atomic E-state index is 11.1. The standard InChI is InChI=1S/C10H20N2O3/c1-8(2)12(7-10(14)15-4)6-5-11-9(3)13/h8H,5-7H2,1-4H3,(H,11,13). The van der Waals surface area contributed by atoms with E-state index < -0.39 is 0 Å². The molecule has 5 heteroatoms. The summed E-state index contributed by atoms with van der Waals surface area (Å²) >= 11 is 0. The van der Waals surface area contributed by atoms with Crippen molar-refractivity contribution in [2.75, 3.05) is 26.7 Å². The van der Waals surface area contributed by atoms with Crippen LogP contribution in [-0.4, -0.2) is 49.6 Å². The number of carbonyl (C=O) groups is 2. The van der Waals surface area contributed by atoms with Crippen LogP contribution >= 0.6 is 0 Å². The van der Waals surface area contributed by atoms with Gasteiger partial charge >= 0.3 is 5.97 Å². The fourth-order valence-electron chi connectivity index (χ4n) is 1.13. The number of rotatable bonds is 6. The predicted octanol–water partition coefficient (Wildman–Crippen LogP) is 0.00590. The van der Waals surface area contributed by atoms with Crippen LogP contribution in [0.5, 0.6) is 0 Å². The van der Waals surface area contributed by atoms with Gasteiger partial charge in [0.15, 0.2) is 0 Å². The van der Waals surface area contributed by atoms with E-state index in [0.29, 0.717) is 13.1 Å². The number of hydrogen-bond donors (Lipinski definition) is 1. The van der Waals surface area contributed by atoms with Crippen LogP contribution in [-0.2, 0) is 14.3 Å². The van der Waals surface area contributed by atoms with Crippen LogP contribution in [0.25, 0.3) is 0 Å². The number of carbonyl (C=O) groups excluding carboxylic acids is 2. The molecule has 0 radical (unpaired) electrons. The fourth-order valence-corrected chi connectivity index (χ4v) is 1.13. The largest absolute Gasteiger partial charge is 0.468 e. The second-order valence-corrected chi connectivity index (χ2v) is 3.62. The van der Waals surface area contributed by atoms with Crippen molar-refractivity contribution < 1.29 is 14.3 Å². The van der Waals surface area contributed by atoms with Crippen molar-refractivity contribution in [2.45, 2.75) is 26.8 Å². The zero-order valence-electron chi connectivity index (χ0n) is 9.87. The molecule has 0 aliphatic carbocycles. The Morgan fingerprint density at radius 1 is 1.40 bits per heavy atom. The molecule has 0 saturated carbocycles. The first kappa shape index (κ1) is 13.9. The quantitative estimate of drug-likeness (QED) is 0.635. The van der Waals surface area contributed by atoms with Crippen LogP contribution in [0, 0.1) is 0 Å². The first-order chi connectivity index (χ1) is 6.97. The van der Waals surface area contributed by atoms with Gasteiger partial charge in [-0.3, -0.25) is 14.5 Å². The van der Waals surface area contributed by atoms with Crippen LogP contribution in [0.1, 0.15) is 20.8 Å². The Morgan fingerprint density at radius 2 is 2.00 bits per heavy atom. The molecule has 0 unspecified atom stereocenters. The third kappa shape index (κ3) is 6.90. The molecular formula is C10H20N2O3. The van der Waals surface area contributed by atoms with Crippen LogP contribution in [0.4, 0.5) is 0 Å². The van der Waals surface area contributed by atoms with Gasteiger partial charge in [0, 0.05) is 26.1 Å². The van der Waals surface area contributed by atoms with Crippen LogP contribution in [0.2, 0.25) is 0 Å². The lowest BCUT2D eigenvalue weighted by atomic mass is 10.3. The van der Waals surface area contributed by atoms with Crippen molar-refractivity contribution in [2.24, 2.45) is 0 Å². The molecule has 5 nitrogen and oxygen atoms in total. The number of esters is 1. The van der Waals surface area contributed by atoms with Crippen LogP contribution in [0.3, 0.4) is 0 Å². The highest BCUT2D eigenvalue weighted by Crippen LogP contribution is 1.97. The van der Waals surface area contributed by atoms with Gasteiger partial charge in [-0.2, -0.15) is 0 Å². The molecule has 0 spiro atoms.